The van der Waals surface area contributed by atoms with Crippen molar-refractivity contribution in [3.63, 3.8) is 0 Å². The van der Waals surface area contributed by atoms with Gasteiger partial charge in [-0.15, -0.1) is 6.58 Å². The van der Waals surface area contributed by atoms with Crippen LogP contribution in [0.25, 0.3) is 0 Å². The first-order valence-electron chi connectivity index (χ1n) is 2.46. The van der Waals surface area contributed by atoms with Gasteiger partial charge in [-0.25, -0.2) is 4.79 Å². The molecule has 0 spiro atoms. The predicted octanol–water partition coefficient (Wildman–Crippen LogP) is 0.490. The first kappa shape index (κ1) is 7.75. The molecule has 0 aliphatic rings. The lowest BCUT2D eigenvalue weighted by atomic mass is 10.3. The van der Waals surface area contributed by atoms with Crippen LogP contribution >= 0.6 is 0 Å². The van der Waals surface area contributed by atoms with Gasteiger partial charge in [0.15, 0.2) is 0 Å². The standard InChI is InChI=1S/C6H9NO2/c1-2-3-5(7)4-6(8)9/h2,4H,1,3,7H2,(H,8,9). The van der Waals surface area contributed by atoms with Gasteiger partial charge in [-0.05, 0) is 0 Å². The SMILES string of the molecule is C=CCC(N)=CC(=O)O. The van der Waals surface area contributed by atoms with Crippen LogP contribution < -0.4 is 5.73 Å². The molecule has 0 atom stereocenters. The number of carboxylic acids is 1. The average molecular weight is 127 g/mol. The van der Waals surface area contributed by atoms with E-state index < -0.39 is 5.97 Å². The summed E-state index contributed by atoms with van der Waals surface area (Å²) in [5, 5.41) is 8.12. The Balaban J connectivity index is 3.83. The van der Waals surface area contributed by atoms with Crippen LogP contribution in [0.2, 0.25) is 0 Å². The van der Waals surface area contributed by atoms with Gasteiger partial charge in [0.1, 0.15) is 0 Å². The van der Waals surface area contributed by atoms with E-state index in [9.17, 15) is 4.79 Å². The molecule has 0 saturated heterocycles. The minimum absolute atomic E-state index is 0.317. The second kappa shape index (κ2) is 3.72. The average Bonchev–Trinajstić information content (AvgIpc) is 1.63. The van der Waals surface area contributed by atoms with Crippen LogP contribution in [0.15, 0.2) is 24.4 Å². The van der Waals surface area contributed by atoms with Crippen LogP contribution in [0.1, 0.15) is 6.42 Å². The summed E-state index contributed by atoms with van der Waals surface area (Å²) < 4.78 is 0. The van der Waals surface area contributed by atoms with Crippen molar-refractivity contribution in [1.29, 1.82) is 0 Å². The summed E-state index contributed by atoms with van der Waals surface area (Å²) in [5.74, 6) is -1.02. The maximum absolute atomic E-state index is 9.89. The quantitative estimate of drug-likeness (QED) is 0.428. The molecule has 0 saturated carbocycles. The largest absolute Gasteiger partial charge is 0.478 e. The van der Waals surface area contributed by atoms with E-state index in [-0.39, 0.29) is 0 Å². The Labute approximate surface area is 53.5 Å². The van der Waals surface area contributed by atoms with Crippen molar-refractivity contribution in [2.45, 2.75) is 6.42 Å². The number of allylic oxidation sites excluding steroid dienone is 1. The highest BCUT2D eigenvalue weighted by Gasteiger charge is 1.90. The van der Waals surface area contributed by atoms with E-state index in [2.05, 4.69) is 6.58 Å². The lowest BCUT2D eigenvalue weighted by molar-refractivity contribution is -0.131. The molecule has 0 rings (SSSR count). The molecule has 0 bridgehead atoms. The Hall–Kier alpha value is -1.25. The van der Waals surface area contributed by atoms with E-state index in [0.717, 1.165) is 6.08 Å². The van der Waals surface area contributed by atoms with Gasteiger partial charge in [0.2, 0.25) is 0 Å². The number of nitrogens with two attached hydrogens (primary N) is 1. The van der Waals surface area contributed by atoms with E-state index in [1.54, 1.807) is 6.08 Å². The van der Waals surface area contributed by atoms with Crippen LogP contribution in [0.4, 0.5) is 0 Å². The summed E-state index contributed by atoms with van der Waals surface area (Å²) in [6.45, 7) is 3.39. The van der Waals surface area contributed by atoms with Crippen molar-refractivity contribution in [2.24, 2.45) is 5.73 Å². The fourth-order valence-corrected chi connectivity index (χ4v) is 0.384. The molecule has 0 radical (unpaired) electrons. The Morgan fingerprint density at radius 1 is 1.78 bits per heavy atom. The van der Waals surface area contributed by atoms with Gasteiger partial charge in [0.25, 0.3) is 0 Å². The van der Waals surface area contributed by atoms with E-state index >= 15 is 0 Å². The fraction of sp³-hybridized carbons (Fsp3) is 0.167. The molecule has 0 aromatic rings. The number of carboxylic acid groups (broad SMARTS) is 1. The predicted molar refractivity (Wildman–Crippen MR) is 34.7 cm³/mol. The Kier molecular flexibility index (Phi) is 3.20. The third-order valence-electron chi connectivity index (χ3n) is 0.689. The molecule has 0 heterocycles. The summed E-state index contributed by atoms with van der Waals surface area (Å²) in [6, 6.07) is 0. The summed E-state index contributed by atoms with van der Waals surface area (Å²) >= 11 is 0. The zero-order valence-electron chi connectivity index (χ0n) is 5.00. The third-order valence-corrected chi connectivity index (χ3v) is 0.689. The summed E-state index contributed by atoms with van der Waals surface area (Å²) in [7, 11) is 0. The molecule has 0 amide bonds. The molecular formula is C6H9NO2. The monoisotopic (exact) mass is 127 g/mol. The van der Waals surface area contributed by atoms with Gasteiger partial charge in [0, 0.05) is 18.2 Å². The second-order valence-electron chi connectivity index (χ2n) is 1.55. The molecule has 3 N–H and O–H groups in total. The highest BCUT2D eigenvalue weighted by atomic mass is 16.4. The topological polar surface area (TPSA) is 63.3 Å². The lowest BCUT2D eigenvalue weighted by Gasteiger charge is -1.90. The fourth-order valence-electron chi connectivity index (χ4n) is 0.384. The van der Waals surface area contributed by atoms with Gasteiger partial charge >= 0.3 is 5.97 Å². The first-order chi connectivity index (χ1) is 4.16. The van der Waals surface area contributed by atoms with Crippen molar-refractivity contribution in [1.82, 2.24) is 0 Å². The van der Waals surface area contributed by atoms with Crippen LogP contribution in [-0.2, 0) is 4.79 Å². The smallest absolute Gasteiger partial charge is 0.330 e. The zero-order chi connectivity index (χ0) is 7.28. The molecule has 0 aromatic heterocycles. The number of rotatable bonds is 3. The highest BCUT2D eigenvalue weighted by Crippen LogP contribution is 1.90. The van der Waals surface area contributed by atoms with Crippen molar-refractivity contribution >= 4 is 5.97 Å². The van der Waals surface area contributed by atoms with Crippen LogP contribution in [0, 0.1) is 0 Å². The number of carbonyl (C=O) groups is 1. The highest BCUT2D eigenvalue weighted by molar-refractivity contribution is 5.80. The molecule has 3 nitrogen and oxygen atoms in total. The molecule has 0 fully saturated rings. The number of hydrogen-bond acceptors (Lipinski definition) is 2. The van der Waals surface area contributed by atoms with E-state index in [1.807, 2.05) is 0 Å². The summed E-state index contributed by atoms with van der Waals surface area (Å²) in [5.41, 5.74) is 5.51. The van der Waals surface area contributed by atoms with Gasteiger partial charge < -0.3 is 10.8 Å². The van der Waals surface area contributed by atoms with E-state index in [4.69, 9.17) is 10.8 Å². The maximum atomic E-state index is 9.89. The first-order valence-corrected chi connectivity index (χ1v) is 2.46. The third kappa shape index (κ3) is 4.61. The maximum Gasteiger partial charge on any atom is 0.330 e. The van der Waals surface area contributed by atoms with Crippen LogP contribution in [0.5, 0.6) is 0 Å². The molecule has 0 aliphatic heterocycles. The number of aliphatic carboxylic acids is 1. The summed E-state index contributed by atoms with van der Waals surface area (Å²) in [4.78, 5) is 9.89. The Morgan fingerprint density at radius 2 is 2.33 bits per heavy atom. The van der Waals surface area contributed by atoms with Crippen molar-refractivity contribution in [3.8, 4) is 0 Å². The van der Waals surface area contributed by atoms with Crippen LogP contribution in [-0.4, -0.2) is 11.1 Å². The molecule has 3 heteroatoms. The molecule has 9 heavy (non-hydrogen) atoms. The molecule has 0 unspecified atom stereocenters. The minimum atomic E-state index is -1.02. The van der Waals surface area contributed by atoms with Crippen molar-refractivity contribution < 1.29 is 9.90 Å². The molecular weight excluding hydrogens is 118 g/mol. The van der Waals surface area contributed by atoms with Gasteiger partial charge in [-0.3, -0.25) is 0 Å². The summed E-state index contributed by atoms with van der Waals surface area (Å²) in [6.07, 6.45) is 2.93. The van der Waals surface area contributed by atoms with Crippen LogP contribution in [0.3, 0.4) is 0 Å². The molecule has 50 valence electrons. The minimum Gasteiger partial charge on any atom is -0.478 e. The Bertz CT molecular complexity index is 149. The van der Waals surface area contributed by atoms with Crippen molar-refractivity contribution in [2.75, 3.05) is 0 Å². The normalized spacial score (nSPS) is 10.9. The lowest BCUT2D eigenvalue weighted by Crippen LogP contribution is -1.99. The number of hydrogen-bond donors (Lipinski definition) is 2. The molecule has 0 aliphatic carbocycles. The molecule has 0 aromatic carbocycles. The van der Waals surface area contributed by atoms with Gasteiger partial charge in [-0.1, -0.05) is 6.08 Å². The van der Waals surface area contributed by atoms with Crippen molar-refractivity contribution in [3.05, 3.63) is 24.4 Å². The van der Waals surface area contributed by atoms with E-state index in [1.165, 1.54) is 0 Å². The van der Waals surface area contributed by atoms with Gasteiger partial charge in [0.05, 0.1) is 0 Å². The van der Waals surface area contributed by atoms with Gasteiger partial charge in [-0.2, -0.15) is 0 Å². The Morgan fingerprint density at radius 3 is 2.67 bits per heavy atom. The van der Waals surface area contributed by atoms with E-state index in [0.29, 0.717) is 12.1 Å². The second-order valence-corrected chi connectivity index (χ2v) is 1.55. The zero-order valence-corrected chi connectivity index (χ0v) is 5.00.